The molecule has 0 aliphatic carbocycles. The molecular weight excluding hydrogens is 324 g/mol. The molecule has 5 heteroatoms. The van der Waals surface area contributed by atoms with Crippen molar-refractivity contribution in [2.45, 2.75) is 6.54 Å². The SMILES string of the molecule is CNCc1cc(-c2c(Cl)cc(Cl)cc2Cl)ccc1Cl. The van der Waals surface area contributed by atoms with E-state index in [1.165, 1.54) is 0 Å². The normalized spacial score (nSPS) is 10.8. The molecule has 0 saturated carbocycles. The fraction of sp³-hybridized carbons (Fsp3) is 0.143. The number of nitrogens with one attached hydrogen (secondary N) is 1. The zero-order valence-corrected chi connectivity index (χ0v) is 13.1. The van der Waals surface area contributed by atoms with Gasteiger partial charge in [-0.1, -0.05) is 52.5 Å². The molecule has 2 aromatic rings. The summed E-state index contributed by atoms with van der Waals surface area (Å²) in [6.45, 7) is 0.676. The fourth-order valence-corrected chi connectivity index (χ4v) is 3.09. The molecule has 0 atom stereocenters. The minimum Gasteiger partial charge on any atom is -0.316 e. The standard InChI is InChI=1S/C14H11Cl4N/c1-19-7-9-4-8(2-3-11(9)16)14-12(17)5-10(15)6-13(14)18/h2-6,19H,7H2,1H3. The summed E-state index contributed by atoms with van der Waals surface area (Å²) in [5, 5.41) is 5.34. The average Bonchev–Trinajstić information content (AvgIpc) is 2.32. The van der Waals surface area contributed by atoms with Crippen molar-refractivity contribution in [2.24, 2.45) is 0 Å². The Morgan fingerprint density at radius 1 is 0.895 bits per heavy atom. The number of hydrogen-bond acceptors (Lipinski definition) is 1. The Labute approximate surface area is 132 Å². The first-order valence-corrected chi connectivity index (χ1v) is 7.12. The highest BCUT2D eigenvalue weighted by Gasteiger charge is 2.11. The summed E-state index contributed by atoms with van der Waals surface area (Å²) in [5.41, 5.74) is 2.67. The first-order chi connectivity index (χ1) is 9.02. The van der Waals surface area contributed by atoms with Gasteiger partial charge in [-0.3, -0.25) is 0 Å². The van der Waals surface area contributed by atoms with Crippen LogP contribution in [0.1, 0.15) is 5.56 Å². The molecule has 100 valence electrons. The summed E-state index contributed by atoms with van der Waals surface area (Å²) in [6.07, 6.45) is 0. The van der Waals surface area contributed by atoms with Crippen LogP contribution in [0.3, 0.4) is 0 Å². The van der Waals surface area contributed by atoms with Gasteiger partial charge in [-0.2, -0.15) is 0 Å². The quantitative estimate of drug-likeness (QED) is 0.760. The highest BCUT2D eigenvalue weighted by Crippen LogP contribution is 2.38. The molecule has 0 aliphatic rings. The van der Waals surface area contributed by atoms with Gasteiger partial charge in [-0.25, -0.2) is 0 Å². The lowest BCUT2D eigenvalue weighted by Crippen LogP contribution is -2.05. The molecule has 1 nitrogen and oxygen atoms in total. The summed E-state index contributed by atoms with van der Waals surface area (Å²) in [4.78, 5) is 0. The van der Waals surface area contributed by atoms with Gasteiger partial charge in [0.25, 0.3) is 0 Å². The van der Waals surface area contributed by atoms with Crippen LogP contribution >= 0.6 is 46.4 Å². The van der Waals surface area contributed by atoms with Crippen molar-refractivity contribution in [2.75, 3.05) is 7.05 Å². The molecule has 1 N–H and O–H groups in total. The van der Waals surface area contributed by atoms with Crippen molar-refractivity contribution in [1.82, 2.24) is 5.32 Å². The maximum absolute atomic E-state index is 6.22. The van der Waals surface area contributed by atoms with Gasteiger partial charge in [0.1, 0.15) is 0 Å². The van der Waals surface area contributed by atoms with E-state index in [2.05, 4.69) is 5.32 Å². The summed E-state index contributed by atoms with van der Waals surface area (Å²) >= 11 is 24.5. The molecule has 0 amide bonds. The van der Waals surface area contributed by atoms with Gasteiger partial charge >= 0.3 is 0 Å². The van der Waals surface area contributed by atoms with Gasteiger partial charge in [0.2, 0.25) is 0 Å². The minimum absolute atomic E-state index is 0.517. The van der Waals surface area contributed by atoms with E-state index in [4.69, 9.17) is 46.4 Å². The summed E-state index contributed by atoms with van der Waals surface area (Å²) in [7, 11) is 1.87. The van der Waals surface area contributed by atoms with E-state index >= 15 is 0 Å². The Morgan fingerprint density at radius 2 is 1.53 bits per heavy atom. The van der Waals surface area contributed by atoms with E-state index < -0.39 is 0 Å². The predicted molar refractivity (Wildman–Crippen MR) is 84.7 cm³/mol. The van der Waals surface area contributed by atoms with E-state index in [9.17, 15) is 0 Å². The zero-order chi connectivity index (χ0) is 14.0. The second kappa shape index (κ2) is 6.34. The molecule has 2 aromatic carbocycles. The molecule has 19 heavy (non-hydrogen) atoms. The highest BCUT2D eigenvalue weighted by molar-refractivity contribution is 6.41. The third-order valence-electron chi connectivity index (χ3n) is 2.71. The van der Waals surface area contributed by atoms with Gasteiger partial charge < -0.3 is 5.32 Å². The molecule has 0 aromatic heterocycles. The average molecular weight is 335 g/mol. The largest absolute Gasteiger partial charge is 0.316 e. The maximum atomic E-state index is 6.22. The third-order valence-corrected chi connectivity index (χ3v) is 3.89. The Hall–Kier alpha value is -0.440. The van der Waals surface area contributed by atoms with Crippen LogP contribution in [0.2, 0.25) is 20.1 Å². The first-order valence-electron chi connectivity index (χ1n) is 5.61. The molecule has 0 heterocycles. The van der Waals surface area contributed by atoms with E-state index in [-0.39, 0.29) is 0 Å². The van der Waals surface area contributed by atoms with Crippen molar-refractivity contribution in [1.29, 1.82) is 0 Å². The Kier molecular flexibility index (Phi) is 4.99. The van der Waals surface area contributed by atoms with Crippen molar-refractivity contribution in [3.8, 4) is 11.1 Å². The molecule has 0 saturated heterocycles. The first kappa shape index (κ1) is 15.0. The Morgan fingerprint density at radius 3 is 2.11 bits per heavy atom. The molecule has 0 radical (unpaired) electrons. The van der Waals surface area contributed by atoms with Gasteiger partial charge in [0.15, 0.2) is 0 Å². The smallest absolute Gasteiger partial charge is 0.0514 e. The monoisotopic (exact) mass is 333 g/mol. The lowest BCUT2D eigenvalue weighted by atomic mass is 10.0. The number of rotatable bonds is 3. The van der Waals surface area contributed by atoms with Crippen LogP contribution in [-0.4, -0.2) is 7.05 Å². The number of halogens is 4. The summed E-state index contributed by atoms with van der Waals surface area (Å²) in [5.74, 6) is 0. The molecule has 2 rings (SSSR count). The highest BCUT2D eigenvalue weighted by atomic mass is 35.5. The van der Waals surface area contributed by atoms with E-state index in [1.807, 2.05) is 25.2 Å². The molecule has 0 fully saturated rings. The van der Waals surface area contributed by atoms with Crippen LogP contribution in [-0.2, 0) is 6.54 Å². The number of hydrogen-bond donors (Lipinski definition) is 1. The van der Waals surface area contributed by atoms with Crippen molar-refractivity contribution in [3.63, 3.8) is 0 Å². The molecular formula is C14H11Cl4N. The Bertz CT molecular complexity index is 587. The minimum atomic E-state index is 0.517. The van der Waals surface area contributed by atoms with Crippen LogP contribution in [0.5, 0.6) is 0 Å². The van der Waals surface area contributed by atoms with E-state index in [0.29, 0.717) is 26.6 Å². The second-order valence-corrected chi connectivity index (χ2v) is 5.74. The molecule has 0 bridgehead atoms. The predicted octanol–water partition coefficient (Wildman–Crippen LogP) is 5.69. The lowest BCUT2D eigenvalue weighted by Gasteiger charge is -2.11. The molecule has 0 aliphatic heterocycles. The topological polar surface area (TPSA) is 12.0 Å². The summed E-state index contributed by atoms with van der Waals surface area (Å²) < 4.78 is 0. The van der Waals surface area contributed by atoms with Gasteiger partial charge in [-0.05, 0) is 42.4 Å². The fourth-order valence-electron chi connectivity index (χ4n) is 1.87. The van der Waals surface area contributed by atoms with E-state index in [1.54, 1.807) is 12.1 Å². The summed E-state index contributed by atoms with van der Waals surface area (Å²) in [6, 6.07) is 9.06. The van der Waals surface area contributed by atoms with E-state index in [0.717, 1.165) is 16.7 Å². The maximum Gasteiger partial charge on any atom is 0.0514 e. The van der Waals surface area contributed by atoms with Crippen LogP contribution in [0.15, 0.2) is 30.3 Å². The van der Waals surface area contributed by atoms with Crippen LogP contribution in [0.25, 0.3) is 11.1 Å². The van der Waals surface area contributed by atoms with Gasteiger partial charge in [-0.15, -0.1) is 0 Å². The molecule has 0 unspecified atom stereocenters. The van der Waals surface area contributed by atoms with Crippen molar-refractivity contribution in [3.05, 3.63) is 56.0 Å². The Balaban J connectivity index is 2.56. The van der Waals surface area contributed by atoms with Crippen molar-refractivity contribution >= 4 is 46.4 Å². The zero-order valence-electron chi connectivity index (χ0n) is 10.1. The lowest BCUT2D eigenvalue weighted by molar-refractivity contribution is 0.818. The van der Waals surface area contributed by atoms with Crippen LogP contribution in [0, 0.1) is 0 Å². The molecule has 0 spiro atoms. The van der Waals surface area contributed by atoms with Crippen LogP contribution in [0.4, 0.5) is 0 Å². The second-order valence-electron chi connectivity index (χ2n) is 4.08. The van der Waals surface area contributed by atoms with Crippen LogP contribution < -0.4 is 5.32 Å². The third kappa shape index (κ3) is 3.36. The number of benzene rings is 2. The van der Waals surface area contributed by atoms with Crippen molar-refractivity contribution < 1.29 is 0 Å². The van der Waals surface area contributed by atoms with Gasteiger partial charge in [0.05, 0.1) is 10.0 Å². The van der Waals surface area contributed by atoms with Gasteiger partial charge in [0, 0.05) is 22.2 Å².